The summed E-state index contributed by atoms with van der Waals surface area (Å²) in [5.41, 5.74) is 0. The minimum atomic E-state index is -3.67. The van der Waals surface area contributed by atoms with Crippen LogP contribution in [0.25, 0.3) is 21.5 Å². The lowest BCUT2D eigenvalue weighted by atomic mass is 10.0. The van der Waals surface area contributed by atoms with E-state index in [9.17, 15) is 8.42 Å². The molecule has 0 radical (unpaired) electrons. The molecular weight excluding hydrogens is 316 g/mol. The van der Waals surface area contributed by atoms with Gasteiger partial charge in [-0.2, -0.15) is 8.42 Å². The summed E-state index contributed by atoms with van der Waals surface area (Å²) in [4.78, 5) is 0. The lowest BCUT2D eigenvalue weighted by Crippen LogP contribution is -2.01. The molecular formula is C17H18O5S. The van der Waals surface area contributed by atoms with Gasteiger partial charge in [0.05, 0.1) is 12.9 Å². The highest BCUT2D eigenvalue weighted by Gasteiger charge is 2.00. The fourth-order valence-corrected chi connectivity index (χ4v) is 2.17. The zero-order valence-corrected chi connectivity index (χ0v) is 13.5. The number of hydrogen-bond acceptors (Lipinski definition) is 4. The Balaban J connectivity index is 0.000000338. The molecule has 23 heavy (non-hydrogen) atoms. The maximum Gasteiger partial charge on any atom is 0.261 e. The molecule has 0 aliphatic carbocycles. The molecule has 0 heterocycles. The molecule has 3 aromatic carbocycles. The molecule has 0 amide bonds. The van der Waals surface area contributed by atoms with Gasteiger partial charge in [0, 0.05) is 0 Å². The van der Waals surface area contributed by atoms with Gasteiger partial charge in [-0.15, -0.1) is 0 Å². The highest BCUT2D eigenvalue weighted by molar-refractivity contribution is 7.85. The summed E-state index contributed by atoms with van der Waals surface area (Å²) in [5.74, 6) is 0.798. The van der Waals surface area contributed by atoms with Crippen molar-refractivity contribution in [1.82, 2.24) is 0 Å². The molecule has 3 aromatic rings. The Bertz CT molecular complexity index is 895. The predicted molar refractivity (Wildman–Crippen MR) is 91.5 cm³/mol. The topological polar surface area (TPSA) is 83.8 Å². The SMILES string of the molecule is CS(=O)(=O)O.OCCOc1ccc2cc3ccccc3cc2c1. The fourth-order valence-electron chi connectivity index (χ4n) is 2.17. The normalized spacial score (nSPS) is 11.1. The number of ether oxygens (including phenoxy) is 1. The minimum Gasteiger partial charge on any atom is -0.491 e. The van der Waals surface area contributed by atoms with Crippen molar-refractivity contribution in [2.24, 2.45) is 0 Å². The molecule has 122 valence electrons. The largest absolute Gasteiger partial charge is 0.491 e. The number of aliphatic hydroxyl groups excluding tert-OH is 1. The molecule has 0 aromatic heterocycles. The van der Waals surface area contributed by atoms with Crippen LogP contribution in [0.2, 0.25) is 0 Å². The van der Waals surface area contributed by atoms with E-state index in [1.165, 1.54) is 16.2 Å². The molecule has 6 heteroatoms. The van der Waals surface area contributed by atoms with E-state index in [-0.39, 0.29) is 6.61 Å². The van der Waals surface area contributed by atoms with Crippen molar-refractivity contribution in [2.75, 3.05) is 19.5 Å². The van der Waals surface area contributed by atoms with Crippen LogP contribution < -0.4 is 4.74 Å². The number of benzene rings is 3. The van der Waals surface area contributed by atoms with Gasteiger partial charge in [-0.3, -0.25) is 4.55 Å². The molecule has 0 saturated heterocycles. The van der Waals surface area contributed by atoms with Crippen molar-refractivity contribution < 1.29 is 22.8 Å². The number of hydrogen-bond donors (Lipinski definition) is 2. The molecule has 0 fully saturated rings. The first kappa shape index (κ1) is 17.2. The van der Waals surface area contributed by atoms with Gasteiger partial charge in [-0.05, 0) is 45.8 Å². The van der Waals surface area contributed by atoms with Gasteiger partial charge < -0.3 is 9.84 Å². The van der Waals surface area contributed by atoms with Crippen LogP contribution in [-0.2, 0) is 10.1 Å². The molecule has 0 atom stereocenters. The van der Waals surface area contributed by atoms with Crippen LogP contribution in [0.4, 0.5) is 0 Å². The maximum atomic E-state index is 9.19. The second-order valence-electron chi connectivity index (χ2n) is 5.01. The molecule has 2 N–H and O–H groups in total. The Morgan fingerprint density at radius 1 is 0.913 bits per heavy atom. The first-order valence-electron chi connectivity index (χ1n) is 6.95. The molecule has 0 bridgehead atoms. The Morgan fingerprint density at radius 2 is 1.43 bits per heavy atom. The summed E-state index contributed by atoms with van der Waals surface area (Å²) in [6, 6.07) is 18.7. The first-order chi connectivity index (χ1) is 10.9. The second kappa shape index (κ2) is 7.41. The van der Waals surface area contributed by atoms with Gasteiger partial charge in [-0.1, -0.05) is 30.3 Å². The molecule has 0 saturated carbocycles. The predicted octanol–water partition coefficient (Wildman–Crippen LogP) is 2.87. The van der Waals surface area contributed by atoms with E-state index in [1.807, 2.05) is 24.3 Å². The van der Waals surface area contributed by atoms with Gasteiger partial charge in [0.1, 0.15) is 12.4 Å². The van der Waals surface area contributed by atoms with Crippen molar-refractivity contribution in [3.8, 4) is 5.75 Å². The second-order valence-corrected chi connectivity index (χ2v) is 6.48. The van der Waals surface area contributed by atoms with Gasteiger partial charge in [0.2, 0.25) is 0 Å². The average Bonchev–Trinajstić information content (AvgIpc) is 2.49. The Labute approximate surface area is 134 Å². The molecule has 0 unspecified atom stereocenters. The van der Waals surface area contributed by atoms with E-state index in [4.69, 9.17) is 14.4 Å². The lowest BCUT2D eigenvalue weighted by molar-refractivity contribution is 0.201. The summed E-state index contributed by atoms with van der Waals surface area (Å²) in [5, 5.41) is 13.6. The summed E-state index contributed by atoms with van der Waals surface area (Å²) in [7, 11) is -3.67. The van der Waals surface area contributed by atoms with Crippen LogP contribution in [0.1, 0.15) is 0 Å². The van der Waals surface area contributed by atoms with Crippen LogP contribution >= 0.6 is 0 Å². The van der Waals surface area contributed by atoms with Crippen LogP contribution in [0.3, 0.4) is 0 Å². The first-order valence-corrected chi connectivity index (χ1v) is 8.80. The quantitative estimate of drug-likeness (QED) is 0.568. The average molecular weight is 334 g/mol. The van der Waals surface area contributed by atoms with Crippen molar-refractivity contribution in [3.05, 3.63) is 54.6 Å². The molecule has 0 aliphatic rings. The van der Waals surface area contributed by atoms with Crippen LogP contribution in [0.15, 0.2) is 54.6 Å². The van der Waals surface area contributed by atoms with Crippen molar-refractivity contribution >= 4 is 31.7 Å². The number of aliphatic hydroxyl groups is 1. The molecule has 0 spiro atoms. The van der Waals surface area contributed by atoms with Crippen molar-refractivity contribution in [1.29, 1.82) is 0 Å². The molecule has 5 nitrogen and oxygen atoms in total. The monoisotopic (exact) mass is 334 g/mol. The van der Waals surface area contributed by atoms with Crippen LogP contribution in [0, 0.1) is 0 Å². The van der Waals surface area contributed by atoms with E-state index in [1.54, 1.807) is 0 Å². The Hall–Kier alpha value is -2.15. The zero-order valence-electron chi connectivity index (χ0n) is 12.6. The van der Waals surface area contributed by atoms with Crippen LogP contribution in [0.5, 0.6) is 5.75 Å². The third-order valence-corrected chi connectivity index (χ3v) is 3.04. The van der Waals surface area contributed by atoms with Crippen molar-refractivity contribution in [3.63, 3.8) is 0 Å². The lowest BCUT2D eigenvalue weighted by Gasteiger charge is -2.07. The van der Waals surface area contributed by atoms with E-state index in [0.717, 1.165) is 11.1 Å². The maximum absolute atomic E-state index is 9.19. The zero-order chi connectivity index (χ0) is 16.9. The third kappa shape index (κ3) is 5.52. The number of fused-ring (bicyclic) bond motifs is 2. The third-order valence-electron chi connectivity index (χ3n) is 3.04. The van der Waals surface area contributed by atoms with Gasteiger partial charge in [0.25, 0.3) is 10.1 Å². The van der Waals surface area contributed by atoms with E-state index in [2.05, 4.69) is 30.3 Å². The minimum absolute atomic E-state index is 0.0375. The van der Waals surface area contributed by atoms with Gasteiger partial charge in [-0.25, -0.2) is 0 Å². The standard InChI is InChI=1S/C16H14O2.CH4O3S/c17-7-8-18-16-6-5-14-9-12-3-1-2-4-13(12)10-15(14)11-16;1-5(2,3)4/h1-6,9-11,17H,7-8H2;1H3,(H,2,3,4). The van der Waals surface area contributed by atoms with E-state index >= 15 is 0 Å². The van der Waals surface area contributed by atoms with Crippen LogP contribution in [-0.4, -0.2) is 37.5 Å². The highest BCUT2D eigenvalue weighted by atomic mass is 32.2. The van der Waals surface area contributed by atoms with Gasteiger partial charge in [0.15, 0.2) is 0 Å². The Morgan fingerprint density at radius 3 is 2.00 bits per heavy atom. The number of rotatable bonds is 3. The van der Waals surface area contributed by atoms with E-state index in [0.29, 0.717) is 12.9 Å². The summed E-state index contributed by atoms with van der Waals surface area (Å²) < 4.78 is 31.3. The summed E-state index contributed by atoms with van der Waals surface area (Å²) in [6.07, 6.45) is 0.715. The molecule has 0 aliphatic heterocycles. The smallest absolute Gasteiger partial charge is 0.261 e. The summed E-state index contributed by atoms with van der Waals surface area (Å²) in [6.45, 7) is 0.370. The van der Waals surface area contributed by atoms with E-state index < -0.39 is 10.1 Å². The van der Waals surface area contributed by atoms with Gasteiger partial charge >= 0.3 is 0 Å². The van der Waals surface area contributed by atoms with Crippen molar-refractivity contribution in [2.45, 2.75) is 0 Å². The Kier molecular flexibility index (Phi) is 5.54. The summed E-state index contributed by atoms with van der Waals surface area (Å²) >= 11 is 0. The molecule has 3 rings (SSSR count). The fraction of sp³-hybridized carbons (Fsp3) is 0.176. The highest BCUT2D eigenvalue weighted by Crippen LogP contribution is 2.26.